The number of hydrogen-bond donors (Lipinski definition) is 2. The number of aliphatic hydroxyl groups is 1. The third-order valence-corrected chi connectivity index (χ3v) is 4.36. The first kappa shape index (κ1) is 19.9. The highest BCUT2D eigenvalue weighted by atomic mass is 32.2. The van der Waals surface area contributed by atoms with Crippen LogP contribution in [-0.4, -0.2) is 33.3 Å². The molecule has 0 bridgehead atoms. The lowest BCUT2D eigenvalue weighted by atomic mass is 10.2. The Morgan fingerprint density at radius 2 is 1.92 bits per heavy atom. The number of nitrogens with zero attached hydrogens (tertiary/aromatic N) is 1. The number of hydrogen-bond acceptors (Lipinski definition) is 6. The molecular weight excluding hydrogens is 352 g/mol. The van der Waals surface area contributed by atoms with Crippen molar-refractivity contribution in [1.82, 2.24) is 10.3 Å². The fourth-order valence-corrected chi connectivity index (χ4v) is 2.60. The fourth-order valence-electron chi connectivity index (χ4n) is 2.07. The predicted molar refractivity (Wildman–Crippen MR) is 101 cm³/mol. The Morgan fingerprint density at radius 1 is 1.19 bits per heavy atom. The molecular formula is C19H22N2O4S. The summed E-state index contributed by atoms with van der Waals surface area (Å²) in [5.74, 6) is 0.297. The molecule has 2 amide bonds. The molecule has 3 rings (SSSR count). The Kier molecular flexibility index (Phi) is 7.62. The fraction of sp³-hybridized carbons (Fsp3) is 0.316. The molecule has 1 aliphatic rings. The summed E-state index contributed by atoms with van der Waals surface area (Å²) >= 11 is 0.584. The lowest BCUT2D eigenvalue weighted by Crippen LogP contribution is -2.23. The third-order valence-electron chi connectivity index (χ3n) is 3.61. The van der Waals surface area contributed by atoms with Crippen LogP contribution in [0.2, 0.25) is 0 Å². The number of thioether (sulfide) groups is 1. The second-order valence-corrected chi connectivity index (χ2v) is 6.72. The molecule has 7 heteroatoms. The van der Waals surface area contributed by atoms with Gasteiger partial charge in [-0.05, 0) is 48.9 Å². The van der Waals surface area contributed by atoms with Crippen molar-refractivity contribution in [3.8, 4) is 5.75 Å². The van der Waals surface area contributed by atoms with Crippen molar-refractivity contribution in [1.29, 1.82) is 0 Å². The highest BCUT2D eigenvalue weighted by Gasteiger charge is 2.28. The average Bonchev–Trinajstić information content (AvgIpc) is 2.93. The number of amides is 2. The van der Waals surface area contributed by atoms with Crippen LogP contribution in [0.15, 0.2) is 42.6 Å². The van der Waals surface area contributed by atoms with E-state index < -0.39 is 16.6 Å². The monoisotopic (exact) mass is 374 g/mol. The van der Waals surface area contributed by atoms with Gasteiger partial charge < -0.3 is 9.84 Å². The van der Waals surface area contributed by atoms with Gasteiger partial charge in [-0.3, -0.25) is 19.9 Å². The van der Waals surface area contributed by atoms with E-state index in [1.54, 1.807) is 0 Å². The van der Waals surface area contributed by atoms with Crippen LogP contribution >= 0.6 is 11.8 Å². The molecule has 1 aromatic heterocycles. The quantitative estimate of drug-likeness (QED) is 0.837. The van der Waals surface area contributed by atoms with E-state index >= 15 is 0 Å². The maximum absolute atomic E-state index is 10.2. The molecule has 0 saturated carbocycles. The van der Waals surface area contributed by atoms with Gasteiger partial charge in [-0.15, -0.1) is 0 Å². The summed E-state index contributed by atoms with van der Waals surface area (Å²) < 4.78 is 5.68. The van der Waals surface area contributed by atoms with Crippen LogP contribution in [0.5, 0.6) is 5.75 Å². The number of rotatable bonds is 5. The molecule has 1 saturated heterocycles. The van der Waals surface area contributed by atoms with E-state index in [1.807, 2.05) is 23.6 Å². The van der Waals surface area contributed by atoms with E-state index in [-0.39, 0.29) is 0 Å². The summed E-state index contributed by atoms with van der Waals surface area (Å²) in [6.07, 6.45) is 3.83. The highest BCUT2D eigenvalue weighted by molar-refractivity contribution is 8.15. The number of ether oxygens (including phenoxy) is 1. The van der Waals surface area contributed by atoms with Crippen molar-refractivity contribution >= 4 is 22.9 Å². The van der Waals surface area contributed by atoms with Crippen molar-refractivity contribution in [2.24, 2.45) is 0 Å². The van der Waals surface area contributed by atoms with Crippen LogP contribution < -0.4 is 10.1 Å². The number of aromatic nitrogens is 1. The Balaban J connectivity index is 0.000000254. The molecule has 0 radical (unpaired) electrons. The Hall–Kier alpha value is -2.38. The summed E-state index contributed by atoms with van der Waals surface area (Å²) in [5, 5.41) is 9.92. The van der Waals surface area contributed by atoms with Crippen molar-refractivity contribution in [3.05, 3.63) is 59.4 Å². The van der Waals surface area contributed by atoms with Gasteiger partial charge >= 0.3 is 0 Å². The number of carbonyl (C=O) groups excluding carboxylic acids is 2. The number of aliphatic hydroxyl groups excluding tert-OH is 1. The zero-order valence-electron chi connectivity index (χ0n) is 14.8. The van der Waals surface area contributed by atoms with Crippen LogP contribution in [0.3, 0.4) is 0 Å². The van der Waals surface area contributed by atoms with Crippen molar-refractivity contribution in [2.75, 3.05) is 6.61 Å². The van der Waals surface area contributed by atoms with Gasteiger partial charge in [0, 0.05) is 18.3 Å². The molecule has 2 N–H and O–H groups in total. The summed E-state index contributed by atoms with van der Waals surface area (Å²) in [6, 6.07) is 12.3. The minimum Gasteiger partial charge on any atom is -0.493 e. The highest BCUT2D eigenvalue weighted by Crippen LogP contribution is 2.15. The zero-order valence-corrected chi connectivity index (χ0v) is 15.6. The van der Waals surface area contributed by atoms with Gasteiger partial charge in [0.05, 0.1) is 6.61 Å². The standard InChI is InChI=1S/C16H19NO.C3H3NO3S/c1-3-14-6-7-15(17-12-14)10-11-18-16-8-4-13(2)5-9-16;5-1-2(6)8-3(7)4-1/h4-9,12H,3,10-11H2,1-2H3;2,6H,(H,4,5,7). The van der Waals surface area contributed by atoms with Crippen LogP contribution in [0, 0.1) is 6.92 Å². The molecule has 26 heavy (non-hydrogen) atoms. The minimum absolute atomic E-state index is 0.484. The minimum atomic E-state index is -1.19. The van der Waals surface area contributed by atoms with E-state index in [9.17, 15) is 9.59 Å². The number of nitrogens with one attached hydrogen (secondary N) is 1. The molecule has 0 spiro atoms. The van der Waals surface area contributed by atoms with Gasteiger partial charge in [0.1, 0.15) is 5.75 Å². The first-order valence-corrected chi connectivity index (χ1v) is 9.18. The number of imide groups is 1. The predicted octanol–water partition coefficient (Wildman–Crippen LogP) is 2.86. The van der Waals surface area contributed by atoms with E-state index in [4.69, 9.17) is 9.84 Å². The lowest BCUT2D eigenvalue weighted by Gasteiger charge is -2.06. The zero-order chi connectivity index (χ0) is 18.9. The average molecular weight is 374 g/mol. The first-order chi connectivity index (χ1) is 12.5. The Bertz CT molecular complexity index is 732. The van der Waals surface area contributed by atoms with Crippen molar-refractivity contribution in [3.63, 3.8) is 0 Å². The van der Waals surface area contributed by atoms with E-state index in [2.05, 4.69) is 43.1 Å². The van der Waals surface area contributed by atoms with Gasteiger partial charge in [0.2, 0.25) is 0 Å². The van der Waals surface area contributed by atoms with Crippen molar-refractivity contribution < 1.29 is 19.4 Å². The number of pyridine rings is 1. The topological polar surface area (TPSA) is 88.5 Å². The third kappa shape index (κ3) is 6.50. The molecule has 6 nitrogen and oxygen atoms in total. The second kappa shape index (κ2) is 9.94. The molecule has 0 aliphatic carbocycles. The molecule has 1 unspecified atom stereocenters. The van der Waals surface area contributed by atoms with Gasteiger partial charge in [0.25, 0.3) is 11.1 Å². The summed E-state index contributed by atoms with van der Waals surface area (Å²) in [5.41, 5.74) is 2.42. The lowest BCUT2D eigenvalue weighted by molar-refractivity contribution is -0.123. The Labute approximate surface area is 157 Å². The second-order valence-electron chi connectivity index (χ2n) is 5.67. The molecule has 138 valence electrons. The van der Waals surface area contributed by atoms with Crippen LogP contribution in [0.4, 0.5) is 4.79 Å². The van der Waals surface area contributed by atoms with Gasteiger partial charge in [-0.1, -0.05) is 30.7 Å². The molecule has 1 fully saturated rings. The molecule has 1 atom stereocenters. The van der Waals surface area contributed by atoms with Gasteiger partial charge in [-0.25, -0.2) is 0 Å². The summed E-state index contributed by atoms with van der Waals surface area (Å²) in [7, 11) is 0. The van der Waals surface area contributed by atoms with Crippen LogP contribution in [0.25, 0.3) is 0 Å². The number of benzene rings is 1. The van der Waals surface area contributed by atoms with E-state index in [0.717, 1.165) is 24.3 Å². The Morgan fingerprint density at radius 3 is 2.38 bits per heavy atom. The van der Waals surface area contributed by atoms with Gasteiger partial charge in [0.15, 0.2) is 5.44 Å². The smallest absolute Gasteiger partial charge is 0.288 e. The number of carbonyl (C=O) groups is 2. The SMILES string of the molecule is CCc1ccc(CCOc2ccc(C)cc2)nc1.O=C1NC(=O)C(O)S1. The van der Waals surface area contributed by atoms with Crippen LogP contribution in [0.1, 0.15) is 23.7 Å². The molecule has 1 aromatic carbocycles. The van der Waals surface area contributed by atoms with Crippen LogP contribution in [-0.2, 0) is 17.6 Å². The number of aryl methyl sites for hydroxylation is 2. The largest absolute Gasteiger partial charge is 0.493 e. The maximum atomic E-state index is 10.2. The van der Waals surface area contributed by atoms with Crippen molar-refractivity contribution in [2.45, 2.75) is 32.1 Å². The summed E-state index contributed by atoms with van der Waals surface area (Å²) in [6.45, 7) is 4.88. The summed E-state index contributed by atoms with van der Waals surface area (Å²) in [4.78, 5) is 24.7. The normalized spacial score (nSPS) is 15.9. The molecule has 2 heterocycles. The van der Waals surface area contributed by atoms with E-state index in [1.165, 1.54) is 11.1 Å². The van der Waals surface area contributed by atoms with E-state index in [0.29, 0.717) is 18.4 Å². The molecule has 2 aromatic rings. The van der Waals surface area contributed by atoms with Gasteiger partial charge in [-0.2, -0.15) is 0 Å². The maximum Gasteiger partial charge on any atom is 0.288 e. The molecule has 1 aliphatic heterocycles. The first-order valence-electron chi connectivity index (χ1n) is 8.30.